The van der Waals surface area contributed by atoms with Gasteiger partial charge in [0.2, 0.25) is 0 Å². The van der Waals surface area contributed by atoms with Crippen molar-refractivity contribution in [2.45, 2.75) is 13.3 Å². The molecule has 0 atom stereocenters. The lowest BCUT2D eigenvalue weighted by molar-refractivity contribution is 0.610. The van der Waals surface area contributed by atoms with Crippen molar-refractivity contribution in [1.82, 2.24) is 4.98 Å². The van der Waals surface area contributed by atoms with Gasteiger partial charge in [0.25, 0.3) is 0 Å². The summed E-state index contributed by atoms with van der Waals surface area (Å²) in [4.78, 5) is 6.28. The maximum Gasteiger partial charge on any atom is 0.166 e. The van der Waals surface area contributed by atoms with Crippen molar-refractivity contribution in [3.05, 3.63) is 22.6 Å². The van der Waals surface area contributed by atoms with E-state index in [9.17, 15) is 4.39 Å². The molecule has 1 aromatic heterocycles. The molecule has 0 aliphatic heterocycles. The van der Waals surface area contributed by atoms with Crippen molar-refractivity contribution in [3.63, 3.8) is 0 Å². The number of nitrogens with two attached hydrogens (primary N) is 1. The van der Waals surface area contributed by atoms with Crippen LogP contribution >= 0.6 is 28.1 Å². The monoisotopic (exact) mass is 305 g/mol. The molecular formula is C10H13BrFN3S. The average Bonchev–Trinajstić information content (AvgIpc) is 2.21. The Morgan fingerprint density at radius 2 is 2.38 bits per heavy atom. The van der Waals surface area contributed by atoms with E-state index in [1.54, 1.807) is 11.1 Å². The van der Waals surface area contributed by atoms with Crippen LogP contribution in [0.3, 0.4) is 0 Å². The van der Waals surface area contributed by atoms with E-state index in [1.165, 1.54) is 6.07 Å². The highest BCUT2D eigenvalue weighted by molar-refractivity contribution is 9.10. The summed E-state index contributed by atoms with van der Waals surface area (Å²) in [5.41, 5.74) is 5.42. The van der Waals surface area contributed by atoms with Crippen LogP contribution in [0.25, 0.3) is 0 Å². The zero-order valence-electron chi connectivity index (χ0n) is 8.91. The molecule has 2 N–H and O–H groups in total. The second-order valence-corrected chi connectivity index (χ2v) is 4.70. The first-order chi connectivity index (χ1) is 7.54. The van der Waals surface area contributed by atoms with Crippen molar-refractivity contribution in [2.75, 3.05) is 18.0 Å². The quantitative estimate of drug-likeness (QED) is 0.849. The minimum absolute atomic E-state index is 0.335. The van der Waals surface area contributed by atoms with Crippen molar-refractivity contribution in [3.8, 4) is 0 Å². The van der Waals surface area contributed by atoms with Gasteiger partial charge < -0.3 is 10.6 Å². The number of nitrogens with zero attached hydrogens (tertiary/aromatic N) is 2. The van der Waals surface area contributed by atoms with Gasteiger partial charge in [-0.2, -0.15) is 0 Å². The normalized spacial score (nSPS) is 10.2. The van der Waals surface area contributed by atoms with Crippen molar-refractivity contribution in [2.24, 2.45) is 5.73 Å². The molecule has 0 bridgehead atoms. The maximum atomic E-state index is 13.6. The first kappa shape index (κ1) is 13.3. The van der Waals surface area contributed by atoms with Gasteiger partial charge in [0.05, 0.1) is 4.99 Å². The number of hydrogen-bond donors (Lipinski definition) is 1. The third kappa shape index (κ3) is 3.68. The van der Waals surface area contributed by atoms with E-state index in [-0.39, 0.29) is 5.82 Å². The molecule has 1 rings (SSSR count). The summed E-state index contributed by atoms with van der Waals surface area (Å²) < 4.78 is 14.2. The van der Waals surface area contributed by atoms with E-state index in [0.29, 0.717) is 34.8 Å². The molecule has 0 unspecified atom stereocenters. The second-order valence-electron chi connectivity index (χ2n) is 3.25. The standard InChI is InChI=1S/C10H13BrFN3S/c1-2-15(4-3-9(13)16)10-8(12)5-7(11)6-14-10/h5-6H,2-4H2,1H3,(H2,13,16). The lowest BCUT2D eigenvalue weighted by atomic mass is 10.3. The lowest BCUT2D eigenvalue weighted by Gasteiger charge is -2.22. The van der Waals surface area contributed by atoms with Gasteiger partial charge in [-0.3, -0.25) is 0 Å². The Kier molecular flexibility index (Phi) is 5.08. The molecular weight excluding hydrogens is 293 g/mol. The Bertz CT molecular complexity index is 386. The van der Waals surface area contributed by atoms with Gasteiger partial charge in [-0.1, -0.05) is 12.2 Å². The van der Waals surface area contributed by atoms with Gasteiger partial charge in [0.15, 0.2) is 11.6 Å². The average molecular weight is 306 g/mol. The maximum absolute atomic E-state index is 13.6. The van der Waals surface area contributed by atoms with Crippen LogP contribution in [0.2, 0.25) is 0 Å². The highest BCUT2D eigenvalue weighted by atomic mass is 79.9. The Labute approximate surface area is 108 Å². The van der Waals surface area contributed by atoms with E-state index in [0.717, 1.165) is 0 Å². The summed E-state index contributed by atoms with van der Waals surface area (Å²) in [6, 6.07) is 1.39. The third-order valence-corrected chi connectivity index (χ3v) is 2.74. The van der Waals surface area contributed by atoms with Crippen LogP contribution in [0.5, 0.6) is 0 Å². The number of halogens is 2. The second kappa shape index (κ2) is 6.10. The Morgan fingerprint density at radius 1 is 1.69 bits per heavy atom. The zero-order chi connectivity index (χ0) is 12.1. The largest absolute Gasteiger partial charge is 0.393 e. The number of aromatic nitrogens is 1. The van der Waals surface area contributed by atoms with Crippen molar-refractivity contribution < 1.29 is 4.39 Å². The molecule has 0 amide bonds. The highest BCUT2D eigenvalue weighted by Gasteiger charge is 2.11. The van der Waals surface area contributed by atoms with Gasteiger partial charge in [-0.05, 0) is 28.9 Å². The van der Waals surface area contributed by atoms with Gasteiger partial charge in [-0.15, -0.1) is 0 Å². The fourth-order valence-electron chi connectivity index (χ4n) is 1.30. The topological polar surface area (TPSA) is 42.1 Å². The summed E-state index contributed by atoms with van der Waals surface area (Å²) in [5.74, 6) is -0.0129. The van der Waals surface area contributed by atoms with Crippen LogP contribution in [0, 0.1) is 5.82 Å². The minimum atomic E-state index is -0.348. The number of rotatable bonds is 5. The number of pyridine rings is 1. The zero-order valence-corrected chi connectivity index (χ0v) is 11.3. The van der Waals surface area contributed by atoms with Gasteiger partial charge >= 0.3 is 0 Å². The van der Waals surface area contributed by atoms with Crippen LogP contribution in [-0.2, 0) is 0 Å². The van der Waals surface area contributed by atoms with Crippen molar-refractivity contribution in [1.29, 1.82) is 0 Å². The van der Waals surface area contributed by atoms with E-state index >= 15 is 0 Å². The minimum Gasteiger partial charge on any atom is -0.393 e. The molecule has 0 aliphatic rings. The van der Waals surface area contributed by atoms with Gasteiger partial charge in [0, 0.05) is 30.2 Å². The smallest absolute Gasteiger partial charge is 0.166 e. The predicted octanol–water partition coefficient (Wildman–Crippen LogP) is 2.49. The van der Waals surface area contributed by atoms with Crippen LogP contribution in [-0.4, -0.2) is 23.1 Å². The SMILES string of the molecule is CCN(CCC(N)=S)c1ncc(Br)cc1F. The molecule has 0 fully saturated rings. The number of anilines is 1. The molecule has 0 aliphatic carbocycles. The number of hydrogen-bond acceptors (Lipinski definition) is 3. The van der Waals surface area contributed by atoms with Crippen LogP contribution in [0.15, 0.2) is 16.7 Å². The molecule has 16 heavy (non-hydrogen) atoms. The number of thiocarbonyl (C=S) groups is 1. The Balaban J connectivity index is 2.82. The highest BCUT2D eigenvalue weighted by Crippen LogP contribution is 2.19. The molecule has 1 aromatic rings. The van der Waals surface area contributed by atoms with E-state index in [4.69, 9.17) is 18.0 Å². The first-order valence-electron chi connectivity index (χ1n) is 4.89. The Morgan fingerprint density at radius 3 is 2.88 bits per heavy atom. The Hall–Kier alpha value is -0.750. The third-order valence-electron chi connectivity index (χ3n) is 2.10. The predicted molar refractivity (Wildman–Crippen MR) is 71.2 cm³/mol. The fraction of sp³-hybridized carbons (Fsp3) is 0.400. The summed E-state index contributed by atoms with van der Waals surface area (Å²) in [6.45, 7) is 3.17. The molecule has 3 nitrogen and oxygen atoms in total. The molecule has 1 heterocycles. The molecule has 0 radical (unpaired) electrons. The lowest BCUT2D eigenvalue weighted by Crippen LogP contribution is -2.28. The first-order valence-corrected chi connectivity index (χ1v) is 6.09. The summed E-state index contributed by atoms with van der Waals surface area (Å²) in [6.07, 6.45) is 2.13. The van der Waals surface area contributed by atoms with Crippen LogP contribution in [0.1, 0.15) is 13.3 Å². The fourth-order valence-corrected chi connectivity index (χ4v) is 1.69. The van der Waals surface area contributed by atoms with E-state index in [2.05, 4.69) is 20.9 Å². The van der Waals surface area contributed by atoms with E-state index < -0.39 is 0 Å². The molecule has 0 aromatic carbocycles. The molecule has 0 spiro atoms. The van der Waals surface area contributed by atoms with Gasteiger partial charge in [0.1, 0.15) is 0 Å². The van der Waals surface area contributed by atoms with Gasteiger partial charge in [-0.25, -0.2) is 9.37 Å². The van der Waals surface area contributed by atoms with Crippen molar-refractivity contribution >= 4 is 39.0 Å². The molecule has 6 heteroatoms. The van der Waals surface area contributed by atoms with Crippen LogP contribution < -0.4 is 10.6 Å². The summed E-state index contributed by atoms with van der Waals surface area (Å²) in [5, 5.41) is 0. The van der Waals surface area contributed by atoms with Crippen LogP contribution in [0.4, 0.5) is 10.2 Å². The molecule has 0 saturated heterocycles. The molecule has 0 saturated carbocycles. The van der Waals surface area contributed by atoms with E-state index in [1.807, 2.05) is 6.92 Å². The summed E-state index contributed by atoms with van der Waals surface area (Å²) in [7, 11) is 0. The summed E-state index contributed by atoms with van der Waals surface area (Å²) >= 11 is 7.96. The molecule has 88 valence electrons.